The van der Waals surface area contributed by atoms with E-state index in [1.165, 1.54) is 12.8 Å². The van der Waals surface area contributed by atoms with Gasteiger partial charge >= 0.3 is 0 Å². The number of halogens is 2. The first-order chi connectivity index (χ1) is 9.13. The Balaban J connectivity index is 2.33. The first-order valence-electron chi connectivity index (χ1n) is 6.89. The molecule has 19 heavy (non-hydrogen) atoms. The third-order valence-electron chi connectivity index (χ3n) is 3.97. The SMILES string of the molecule is CCOC1(C(NC)c2ccc(Cl)c(Cl)c2)CCCC1. The van der Waals surface area contributed by atoms with E-state index in [4.69, 9.17) is 27.9 Å². The molecule has 1 fully saturated rings. The van der Waals surface area contributed by atoms with E-state index < -0.39 is 0 Å². The second-order valence-corrected chi connectivity index (χ2v) is 5.91. The van der Waals surface area contributed by atoms with E-state index in [0.29, 0.717) is 10.0 Å². The smallest absolute Gasteiger partial charge is 0.0876 e. The third kappa shape index (κ3) is 3.08. The highest BCUT2D eigenvalue weighted by Crippen LogP contribution is 2.43. The molecule has 0 amide bonds. The van der Waals surface area contributed by atoms with Gasteiger partial charge in [-0.25, -0.2) is 0 Å². The van der Waals surface area contributed by atoms with Gasteiger partial charge in [0.2, 0.25) is 0 Å². The molecule has 4 heteroatoms. The molecule has 0 spiro atoms. The fraction of sp³-hybridized carbons (Fsp3) is 0.600. The summed E-state index contributed by atoms with van der Waals surface area (Å²) in [6.45, 7) is 2.79. The molecule has 0 aliphatic heterocycles. The van der Waals surface area contributed by atoms with Crippen molar-refractivity contribution in [3.63, 3.8) is 0 Å². The van der Waals surface area contributed by atoms with E-state index in [2.05, 4.69) is 12.2 Å². The normalized spacial score (nSPS) is 19.6. The van der Waals surface area contributed by atoms with Crippen LogP contribution in [0.15, 0.2) is 18.2 Å². The Bertz CT molecular complexity index is 430. The summed E-state index contributed by atoms with van der Waals surface area (Å²) < 4.78 is 6.13. The molecular weight excluding hydrogens is 281 g/mol. The van der Waals surface area contributed by atoms with Gasteiger partial charge in [-0.3, -0.25) is 0 Å². The van der Waals surface area contributed by atoms with Crippen molar-refractivity contribution in [3.8, 4) is 0 Å². The minimum atomic E-state index is -0.110. The largest absolute Gasteiger partial charge is 0.373 e. The lowest BCUT2D eigenvalue weighted by Gasteiger charge is -2.37. The van der Waals surface area contributed by atoms with Gasteiger partial charge in [-0.15, -0.1) is 0 Å². The zero-order chi connectivity index (χ0) is 13.9. The first kappa shape index (κ1) is 15.1. The van der Waals surface area contributed by atoms with Gasteiger partial charge in [0.25, 0.3) is 0 Å². The van der Waals surface area contributed by atoms with Crippen molar-refractivity contribution in [3.05, 3.63) is 33.8 Å². The van der Waals surface area contributed by atoms with Crippen LogP contribution in [0.5, 0.6) is 0 Å². The van der Waals surface area contributed by atoms with E-state index in [1.807, 2.05) is 25.2 Å². The molecule has 0 heterocycles. The van der Waals surface area contributed by atoms with Crippen molar-refractivity contribution in [2.75, 3.05) is 13.7 Å². The summed E-state index contributed by atoms with van der Waals surface area (Å²) in [4.78, 5) is 0. The molecule has 2 rings (SSSR count). The Hall–Kier alpha value is -0.280. The van der Waals surface area contributed by atoms with Crippen LogP contribution in [-0.2, 0) is 4.74 Å². The van der Waals surface area contributed by atoms with E-state index in [1.54, 1.807) is 0 Å². The maximum atomic E-state index is 6.14. The van der Waals surface area contributed by atoms with Crippen LogP contribution in [0.25, 0.3) is 0 Å². The molecule has 0 aromatic heterocycles. The summed E-state index contributed by atoms with van der Waals surface area (Å²) in [6, 6.07) is 6.00. The van der Waals surface area contributed by atoms with Crippen molar-refractivity contribution < 1.29 is 4.74 Å². The van der Waals surface area contributed by atoms with Crippen LogP contribution >= 0.6 is 23.2 Å². The summed E-state index contributed by atoms with van der Waals surface area (Å²) in [6.07, 6.45) is 4.62. The second kappa shape index (κ2) is 6.45. The van der Waals surface area contributed by atoms with Gasteiger partial charge in [-0.2, -0.15) is 0 Å². The minimum absolute atomic E-state index is 0.110. The van der Waals surface area contributed by atoms with Crippen LogP contribution in [0.1, 0.15) is 44.2 Å². The van der Waals surface area contributed by atoms with E-state index in [0.717, 1.165) is 25.0 Å². The van der Waals surface area contributed by atoms with Crippen LogP contribution < -0.4 is 5.32 Å². The number of likely N-dealkylation sites (N-methyl/N-ethyl adjacent to an activating group) is 1. The number of ether oxygens (including phenoxy) is 1. The summed E-state index contributed by atoms with van der Waals surface area (Å²) in [5.41, 5.74) is 1.04. The highest BCUT2D eigenvalue weighted by atomic mass is 35.5. The lowest BCUT2D eigenvalue weighted by atomic mass is 9.86. The lowest BCUT2D eigenvalue weighted by Crippen LogP contribution is -2.43. The van der Waals surface area contributed by atoms with Gasteiger partial charge in [0.15, 0.2) is 0 Å². The Morgan fingerprint density at radius 1 is 1.26 bits per heavy atom. The predicted molar refractivity (Wildman–Crippen MR) is 81.1 cm³/mol. The van der Waals surface area contributed by atoms with Crippen LogP contribution in [0.2, 0.25) is 10.0 Å². The fourth-order valence-electron chi connectivity index (χ4n) is 3.20. The number of benzene rings is 1. The minimum Gasteiger partial charge on any atom is -0.373 e. The molecule has 106 valence electrons. The molecule has 1 aliphatic rings. The third-order valence-corrected chi connectivity index (χ3v) is 4.71. The van der Waals surface area contributed by atoms with Crippen LogP contribution in [0.4, 0.5) is 0 Å². The average Bonchev–Trinajstić information content (AvgIpc) is 2.84. The first-order valence-corrected chi connectivity index (χ1v) is 7.64. The number of nitrogens with one attached hydrogen (secondary N) is 1. The van der Waals surface area contributed by atoms with Gasteiger partial charge in [-0.1, -0.05) is 42.1 Å². The van der Waals surface area contributed by atoms with E-state index in [9.17, 15) is 0 Å². The molecule has 1 aromatic rings. The van der Waals surface area contributed by atoms with Crippen molar-refractivity contribution in [2.45, 2.75) is 44.2 Å². The molecule has 1 aliphatic carbocycles. The van der Waals surface area contributed by atoms with Gasteiger partial charge in [-0.05, 0) is 44.5 Å². The number of rotatable bonds is 5. The van der Waals surface area contributed by atoms with Gasteiger partial charge in [0.05, 0.1) is 21.7 Å². The number of hydrogen-bond donors (Lipinski definition) is 1. The molecular formula is C15H21Cl2NO. The maximum Gasteiger partial charge on any atom is 0.0876 e. The Morgan fingerprint density at radius 3 is 2.47 bits per heavy atom. The molecule has 2 nitrogen and oxygen atoms in total. The zero-order valence-electron chi connectivity index (χ0n) is 11.5. The molecule has 0 saturated heterocycles. The molecule has 1 aromatic carbocycles. The van der Waals surface area contributed by atoms with Crippen molar-refractivity contribution in [2.24, 2.45) is 0 Å². The van der Waals surface area contributed by atoms with Crippen LogP contribution in [0.3, 0.4) is 0 Å². The second-order valence-electron chi connectivity index (χ2n) is 5.10. The molecule has 1 atom stereocenters. The van der Waals surface area contributed by atoms with Crippen LogP contribution in [-0.4, -0.2) is 19.3 Å². The highest BCUT2D eigenvalue weighted by Gasteiger charge is 2.42. The van der Waals surface area contributed by atoms with Crippen molar-refractivity contribution in [1.82, 2.24) is 5.32 Å². The predicted octanol–water partition coefficient (Wildman–Crippen LogP) is 4.60. The summed E-state index contributed by atoms with van der Waals surface area (Å²) in [5, 5.41) is 4.60. The summed E-state index contributed by atoms with van der Waals surface area (Å²) in [5.74, 6) is 0. The standard InChI is InChI=1S/C15H21Cl2NO/c1-3-19-15(8-4-5-9-15)14(18-2)11-6-7-12(16)13(17)10-11/h6-7,10,14,18H,3-5,8-9H2,1-2H3. The molecule has 1 saturated carbocycles. The lowest BCUT2D eigenvalue weighted by molar-refractivity contribution is -0.0610. The maximum absolute atomic E-state index is 6.14. The van der Waals surface area contributed by atoms with Crippen LogP contribution in [0, 0.1) is 0 Å². The number of hydrogen-bond acceptors (Lipinski definition) is 2. The summed E-state index contributed by atoms with van der Waals surface area (Å²) in [7, 11) is 1.98. The van der Waals surface area contributed by atoms with Gasteiger partial charge in [0, 0.05) is 6.61 Å². The quantitative estimate of drug-likeness (QED) is 0.858. The Kier molecular flexibility index (Phi) is 5.13. The zero-order valence-corrected chi connectivity index (χ0v) is 13.0. The molecule has 0 bridgehead atoms. The molecule has 1 unspecified atom stereocenters. The van der Waals surface area contributed by atoms with Crippen molar-refractivity contribution in [1.29, 1.82) is 0 Å². The highest BCUT2D eigenvalue weighted by molar-refractivity contribution is 6.42. The van der Waals surface area contributed by atoms with Crippen molar-refractivity contribution >= 4 is 23.2 Å². The topological polar surface area (TPSA) is 21.3 Å². The van der Waals surface area contributed by atoms with E-state index in [-0.39, 0.29) is 11.6 Å². The monoisotopic (exact) mass is 301 g/mol. The Labute approximate surface area is 125 Å². The van der Waals surface area contributed by atoms with E-state index >= 15 is 0 Å². The molecule has 1 N–H and O–H groups in total. The average molecular weight is 302 g/mol. The van der Waals surface area contributed by atoms with Gasteiger partial charge < -0.3 is 10.1 Å². The Morgan fingerprint density at radius 2 is 1.95 bits per heavy atom. The van der Waals surface area contributed by atoms with Gasteiger partial charge in [0.1, 0.15) is 0 Å². The molecule has 0 radical (unpaired) electrons. The fourth-order valence-corrected chi connectivity index (χ4v) is 3.51. The summed E-state index contributed by atoms with van der Waals surface area (Å²) >= 11 is 12.1.